The van der Waals surface area contributed by atoms with Crippen molar-refractivity contribution in [3.63, 3.8) is 0 Å². The van der Waals surface area contributed by atoms with E-state index in [2.05, 4.69) is 20.1 Å². The molecule has 0 atom stereocenters. The molecule has 0 radical (unpaired) electrons. The number of carbonyl (C=O) groups is 2. The predicted octanol–water partition coefficient (Wildman–Crippen LogP) is 3.06. The van der Waals surface area contributed by atoms with E-state index in [4.69, 9.17) is 4.74 Å². The summed E-state index contributed by atoms with van der Waals surface area (Å²) in [6, 6.07) is 5.60. The first-order valence-electron chi connectivity index (χ1n) is 7.75. The molecule has 2 aromatic heterocycles. The van der Waals surface area contributed by atoms with Gasteiger partial charge in [0.25, 0.3) is 5.91 Å². The van der Waals surface area contributed by atoms with Crippen molar-refractivity contribution in [1.29, 1.82) is 0 Å². The van der Waals surface area contributed by atoms with Crippen LogP contribution in [0.4, 0.5) is 13.9 Å². The monoisotopic (exact) mass is 396 g/mol. The zero-order chi connectivity index (χ0) is 19.6. The van der Waals surface area contributed by atoms with Crippen LogP contribution >= 0.6 is 11.3 Å². The highest BCUT2D eigenvalue weighted by Gasteiger charge is 2.19. The maximum Gasteiger partial charge on any atom is 0.387 e. The molecular formula is C16H14F2N4O4S. The number of hydrogen-bond donors (Lipinski definition) is 1. The van der Waals surface area contributed by atoms with Crippen LogP contribution in [0.2, 0.25) is 0 Å². The molecule has 0 aliphatic rings. The van der Waals surface area contributed by atoms with Crippen molar-refractivity contribution in [3.8, 4) is 5.75 Å². The van der Waals surface area contributed by atoms with Crippen LogP contribution in [0.15, 0.2) is 24.3 Å². The number of thiazole rings is 1. The van der Waals surface area contributed by atoms with E-state index >= 15 is 0 Å². The Kier molecular flexibility index (Phi) is 5.31. The van der Waals surface area contributed by atoms with Crippen molar-refractivity contribution < 1.29 is 27.8 Å². The van der Waals surface area contributed by atoms with Gasteiger partial charge in [0.2, 0.25) is 0 Å². The van der Waals surface area contributed by atoms with Crippen LogP contribution in [0.1, 0.15) is 27.9 Å². The lowest BCUT2D eigenvalue weighted by Crippen LogP contribution is -2.12. The molecule has 1 aromatic carbocycles. The molecule has 0 spiro atoms. The quantitative estimate of drug-likeness (QED) is 0.644. The van der Waals surface area contributed by atoms with Gasteiger partial charge in [-0.25, -0.2) is 9.78 Å². The number of benzene rings is 1. The number of aryl methyl sites for hydroxylation is 1. The first-order valence-corrected chi connectivity index (χ1v) is 8.57. The molecule has 1 amide bonds. The number of amides is 1. The maximum atomic E-state index is 12.4. The van der Waals surface area contributed by atoms with Gasteiger partial charge in [0, 0.05) is 13.1 Å². The summed E-state index contributed by atoms with van der Waals surface area (Å²) in [5, 5.41) is 6.82. The summed E-state index contributed by atoms with van der Waals surface area (Å²) in [5.41, 5.74) is 0.673. The highest BCUT2D eigenvalue weighted by Crippen LogP contribution is 2.30. The topological polar surface area (TPSA) is 95.3 Å². The zero-order valence-electron chi connectivity index (χ0n) is 14.2. The van der Waals surface area contributed by atoms with Crippen molar-refractivity contribution in [2.45, 2.75) is 13.5 Å². The second kappa shape index (κ2) is 7.66. The number of rotatable bonds is 6. The zero-order valence-corrected chi connectivity index (χ0v) is 15.0. The summed E-state index contributed by atoms with van der Waals surface area (Å²) in [6.45, 7) is -1.05. The van der Waals surface area contributed by atoms with Crippen molar-refractivity contribution >= 4 is 38.6 Å². The molecule has 3 aromatic rings. The van der Waals surface area contributed by atoms with E-state index < -0.39 is 18.5 Å². The van der Waals surface area contributed by atoms with E-state index in [1.165, 1.54) is 36.0 Å². The van der Waals surface area contributed by atoms with Gasteiger partial charge in [-0.1, -0.05) is 11.3 Å². The van der Waals surface area contributed by atoms with Crippen LogP contribution < -0.4 is 10.1 Å². The third-order valence-electron chi connectivity index (χ3n) is 3.40. The van der Waals surface area contributed by atoms with Gasteiger partial charge in [-0.15, -0.1) is 0 Å². The summed E-state index contributed by atoms with van der Waals surface area (Å²) in [5.74, 6) is -1.15. The fraction of sp³-hybridized carbons (Fsp3) is 0.250. The molecule has 0 aliphatic heterocycles. The first kappa shape index (κ1) is 18.7. The second-order valence-corrected chi connectivity index (χ2v) is 6.27. The van der Waals surface area contributed by atoms with Crippen LogP contribution in [0.3, 0.4) is 0 Å². The van der Waals surface area contributed by atoms with Crippen LogP contribution in [0.25, 0.3) is 10.2 Å². The highest BCUT2D eigenvalue weighted by atomic mass is 32.1. The van der Waals surface area contributed by atoms with Gasteiger partial charge in [-0.3, -0.25) is 14.8 Å². The number of esters is 1. The predicted molar refractivity (Wildman–Crippen MR) is 93.4 cm³/mol. The summed E-state index contributed by atoms with van der Waals surface area (Å²) in [6.07, 6.45) is 0. The number of nitrogens with zero attached hydrogens (tertiary/aromatic N) is 3. The molecule has 0 unspecified atom stereocenters. The van der Waals surface area contributed by atoms with Crippen molar-refractivity contribution in [3.05, 3.63) is 35.7 Å². The number of hydrogen-bond acceptors (Lipinski definition) is 7. The summed E-state index contributed by atoms with van der Waals surface area (Å²) in [7, 11) is 1.52. The number of anilines is 1. The molecule has 1 N–H and O–H groups in total. The Bertz CT molecular complexity index is 1000. The van der Waals surface area contributed by atoms with Crippen molar-refractivity contribution in [2.75, 3.05) is 11.9 Å². The van der Waals surface area contributed by atoms with Gasteiger partial charge >= 0.3 is 12.6 Å². The van der Waals surface area contributed by atoms with Gasteiger partial charge in [-0.2, -0.15) is 13.9 Å². The van der Waals surface area contributed by atoms with E-state index in [0.29, 0.717) is 10.2 Å². The number of halogens is 2. The molecule has 0 aliphatic carbocycles. The van der Waals surface area contributed by atoms with Gasteiger partial charge in [0.1, 0.15) is 11.4 Å². The smallest absolute Gasteiger partial charge is 0.387 e. The molecule has 0 fully saturated rings. The third kappa shape index (κ3) is 4.19. The lowest BCUT2D eigenvalue weighted by Gasteiger charge is -2.02. The minimum atomic E-state index is -2.92. The average molecular weight is 396 g/mol. The number of alkyl halides is 2. The number of carbonyl (C=O) groups excluding carboxylic acids is 2. The van der Waals surface area contributed by atoms with Gasteiger partial charge in [0.15, 0.2) is 10.8 Å². The summed E-state index contributed by atoms with van der Waals surface area (Å²) < 4.78 is 35.6. The first-order chi connectivity index (χ1) is 12.9. The average Bonchev–Trinajstić information content (AvgIpc) is 3.17. The van der Waals surface area contributed by atoms with Crippen molar-refractivity contribution in [1.82, 2.24) is 14.8 Å². The fourth-order valence-electron chi connectivity index (χ4n) is 2.27. The van der Waals surface area contributed by atoms with Gasteiger partial charge in [-0.05, 0) is 25.1 Å². The van der Waals surface area contributed by atoms with E-state index in [9.17, 15) is 18.4 Å². The lowest BCUT2D eigenvalue weighted by atomic mass is 10.3. The Balaban J connectivity index is 1.77. The molecule has 8 nitrogen and oxygen atoms in total. The van der Waals surface area contributed by atoms with Crippen molar-refractivity contribution in [2.24, 2.45) is 7.05 Å². The standard InChI is InChI=1S/C16H14F2N4O4S/c1-3-25-14(24)11-7-10(21-22(11)2)13(23)20-16-19-9-5-4-8(26-15(17)18)6-12(9)27-16/h4-7,15H,3H2,1-2H3,(H,19,20,23). The van der Waals surface area contributed by atoms with E-state index in [-0.39, 0.29) is 28.9 Å². The van der Waals surface area contributed by atoms with Crippen LogP contribution in [-0.2, 0) is 11.8 Å². The Morgan fingerprint density at radius 1 is 1.33 bits per heavy atom. The highest BCUT2D eigenvalue weighted by molar-refractivity contribution is 7.22. The van der Waals surface area contributed by atoms with E-state index in [1.54, 1.807) is 6.92 Å². The second-order valence-electron chi connectivity index (χ2n) is 5.24. The maximum absolute atomic E-state index is 12.4. The fourth-order valence-corrected chi connectivity index (χ4v) is 3.16. The normalized spacial score (nSPS) is 11.0. The lowest BCUT2D eigenvalue weighted by molar-refractivity contribution is -0.0497. The van der Waals surface area contributed by atoms with E-state index in [0.717, 1.165) is 11.3 Å². The molecule has 0 saturated heterocycles. The molecule has 142 valence electrons. The number of nitrogens with one attached hydrogen (secondary N) is 1. The largest absolute Gasteiger partial charge is 0.461 e. The molecule has 27 heavy (non-hydrogen) atoms. The third-order valence-corrected chi connectivity index (χ3v) is 4.34. The van der Waals surface area contributed by atoms with Gasteiger partial charge in [0.05, 0.1) is 16.8 Å². The van der Waals surface area contributed by atoms with Crippen LogP contribution in [-0.4, -0.2) is 39.9 Å². The van der Waals surface area contributed by atoms with Crippen LogP contribution in [0.5, 0.6) is 5.75 Å². The Morgan fingerprint density at radius 2 is 2.11 bits per heavy atom. The Labute approximate surface area is 155 Å². The number of fused-ring (bicyclic) bond motifs is 1. The molecular weight excluding hydrogens is 382 g/mol. The number of aromatic nitrogens is 3. The summed E-state index contributed by atoms with van der Waals surface area (Å²) in [4.78, 5) is 28.4. The molecule has 0 bridgehead atoms. The van der Waals surface area contributed by atoms with Crippen LogP contribution in [0, 0.1) is 0 Å². The minimum Gasteiger partial charge on any atom is -0.461 e. The Hall–Kier alpha value is -3.08. The molecule has 2 heterocycles. The number of ether oxygens (including phenoxy) is 2. The Morgan fingerprint density at radius 3 is 2.81 bits per heavy atom. The molecule has 11 heteroatoms. The van der Waals surface area contributed by atoms with E-state index in [1.807, 2.05) is 0 Å². The SMILES string of the molecule is CCOC(=O)c1cc(C(=O)Nc2nc3ccc(OC(F)F)cc3s2)nn1C. The summed E-state index contributed by atoms with van der Waals surface area (Å²) >= 11 is 1.09. The molecule has 0 saturated carbocycles. The minimum absolute atomic E-state index is 0.00262. The molecule has 3 rings (SSSR count). The van der Waals surface area contributed by atoms with Gasteiger partial charge < -0.3 is 9.47 Å².